The van der Waals surface area contributed by atoms with Gasteiger partial charge >= 0.3 is 0 Å². The minimum Gasteiger partial charge on any atom is -0.342 e. The van der Waals surface area contributed by atoms with E-state index in [-0.39, 0.29) is 0 Å². The fourth-order valence-electron chi connectivity index (χ4n) is 3.69. The molecule has 2 heterocycles. The lowest BCUT2D eigenvalue weighted by Crippen LogP contribution is -2.29. The first kappa shape index (κ1) is 15.9. The van der Waals surface area contributed by atoms with Gasteiger partial charge in [0.1, 0.15) is 5.82 Å². The fraction of sp³-hybridized carbons (Fsp3) is 0.318. The number of hydrogen-bond acceptors (Lipinski definition) is 2. The number of likely N-dealkylation sites (tertiary alicyclic amines) is 1. The summed E-state index contributed by atoms with van der Waals surface area (Å²) in [6.07, 6.45) is 9.05. The number of imidazole rings is 1. The van der Waals surface area contributed by atoms with Crippen molar-refractivity contribution in [3.05, 3.63) is 53.9 Å². The zero-order valence-electron chi connectivity index (χ0n) is 14.6. The standard InChI is InChI=1S/C22H23N3/c1-3-17-6-8-18(9-7-17)19-10-11-20-21(15-19)24-22(23-20)12-14-25-13-4-5-16(25)2/h1,6-11,15-16H,4-5,12-14H2,2H3,(H,23,24)/t16-/m1/s1. The van der Waals surface area contributed by atoms with Crippen molar-refractivity contribution in [1.29, 1.82) is 0 Å². The van der Waals surface area contributed by atoms with Crippen molar-refractivity contribution >= 4 is 11.0 Å². The Morgan fingerprint density at radius 2 is 2.00 bits per heavy atom. The minimum atomic E-state index is 0.710. The third-order valence-electron chi connectivity index (χ3n) is 5.24. The lowest BCUT2D eigenvalue weighted by Gasteiger charge is -2.19. The largest absolute Gasteiger partial charge is 0.342 e. The molecular weight excluding hydrogens is 306 g/mol. The van der Waals surface area contributed by atoms with E-state index < -0.39 is 0 Å². The zero-order valence-corrected chi connectivity index (χ0v) is 14.6. The summed E-state index contributed by atoms with van der Waals surface area (Å²) in [6, 6.07) is 15.2. The van der Waals surface area contributed by atoms with Gasteiger partial charge in [-0.25, -0.2) is 4.98 Å². The SMILES string of the molecule is C#Cc1ccc(-c2ccc3nc(CCN4CCC[C@H]4C)[nH]c3c2)cc1. The topological polar surface area (TPSA) is 31.9 Å². The van der Waals surface area contributed by atoms with Crippen LogP contribution in [-0.4, -0.2) is 34.0 Å². The van der Waals surface area contributed by atoms with Crippen LogP contribution in [-0.2, 0) is 6.42 Å². The van der Waals surface area contributed by atoms with E-state index in [2.05, 4.69) is 53.1 Å². The number of aromatic amines is 1. The summed E-state index contributed by atoms with van der Waals surface area (Å²) in [5.41, 5.74) is 5.39. The summed E-state index contributed by atoms with van der Waals surface area (Å²) in [5.74, 6) is 3.74. The number of aromatic nitrogens is 2. The molecule has 4 rings (SSSR count). The second-order valence-electron chi connectivity index (χ2n) is 6.91. The molecule has 1 aliphatic rings. The molecule has 3 heteroatoms. The number of hydrogen-bond donors (Lipinski definition) is 1. The molecule has 0 bridgehead atoms. The summed E-state index contributed by atoms with van der Waals surface area (Å²) in [4.78, 5) is 10.8. The first-order chi connectivity index (χ1) is 12.2. The van der Waals surface area contributed by atoms with Crippen molar-refractivity contribution in [2.45, 2.75) is 32.2 Å². The molecule has 1 N–H and O–H groups in total. The van der Waals surface area contributed by atoms with Crippen LogP contribution in [0, 0.1) is 12.3 Å². The van der Waals surface area contributed by atoms with E-state index in [0.29, 0.717) is 6.04 Å². The van der Waals surface area contributed by atoms with E-state index in [4.69, 9.17) is 11.4 Å². The molecule has 1 fully saturated rings. The van der Waals surface area contributed by atoms with Crippen LogP contribution in [0.4, 0.5) is 0 Å². The van der Waals surface area contributed by atoms with E-state index >= 15 is 0 Å². The molecule has 3 nitrogen and oxygen atoms in total. The molecule has 1 atom stereocenters. The third kappa shape index (κ3) is 3.31. The second-order valence-corrected chi connectivity index (χ2v) is 6.91. The van der Waals surface area contributed by atoms with E-state index in [0.717, 1.165) is 35.4 Å². The first-order valence-electron chi connectivity index (χ1n) is 9.03. The molecule has 25 heavy (non-hydrogen) atoms. The van der Waals surface area contributed by atoms with Gasteiger partial charge in [0.05, 0.1) is 11.0 Å². The number of nitrogens with one attached hydrogen (secondary N) is 1. The van der Waals surface area contributed by atoms with E-state index in [1.54, 1.807) is 0 Å². The average molecular weight is 329 g/mol. The predicted octanol–water partition coefficient (Wildman–Crippen LogP) is 4.24. The van der Waals surface area contributed by atoms with Crippen molar-refractivity contribution in [2.24, 2.45) is 0 Å². The Morgan fingerprint density at radius 3 is 2.72 bits per heavy atom. The maximum Gasteiger partial charge on any atom is 0.108 e. The summed E-state index contributed by atoms with van der Waals surface area (Å²) in [6.45, 7) is 4.63. The Kier molecular flexibility index (Phi) is 4.29. The monoisotopic (exact) mass is 329 g/mol. The second kappa shape index (κ2) is 6.74. The van der Waals surface area contributed by atoms with Gasteiger partial charge in [-0.15, -0.1) is 6.42 Å². The molecule has 126 valence electrons. The van der Waals surface area contributed by atoms with Gasteiger partial charge in [0, 0.05) is 24.6 Å². The molecule has 0 aliphatic carbocycles. The number of terminal acetylenes is 1. The maximum absolute atomic E-state index is 5.43. The number of H-pyrrole nitrogens is 1. The zero-order chi connectivity index (χ0) is 17.2. The molecule has 0 radical (unpaired) electrons. The van der Waals surface area contributed by atoms with Crippen LogP contribution >= 0.6 is 0 Å². The van der Waals surface area contributed by atoms with Crippen LogP contribution in [0.3, 0.4) is 0 Å². The number of rotatable bonds is 4. The highest BCUT2D eigenvalue weighted by Gasteiger charge is 2.19. The van der Waals surface area contributed by atoms with Crippen LogP contribution in [0.25, 0.3) is 22.2 Å². The number of nitrogens with zero attached hydrogens (tertiary/aromatic N) is 2. The Bertz CT molecular complexity index is 915. The van der Waals surface area contributed by atoms with Gasteiger partial charge < -0.3 is 9.88 Å². The van der Waals surface area contributed by atoms with Gasteiger partial charge in [0.2, 0.25) is 0 Å². The van der Waals surface area contributed by atoms with E-state index in [9.17, 15) is 0 Å². The van der Waals surface area contributed by atoms with E-state index in [1.807, 2.05) is 12.1 Å². The number of fused-ring (bicyclic) bond motifs is 1. The van der Waals surface area contributed by atoms with Crippen molar-refractivity contribution in [1.82, 2.24) is 14.9 Å². The van der Waals surface area contributed by atoms with Crippen LogP contribution in [0.15, 0.2) is 42.5 Å². The molecular formula is C22H23N3. The smallest absolute Gasteiger partial charge is 0.108 e. The summed E-state index contributed by atoms with van der Waals surface area (Å²) in [7, 11) is 0. The lowest BCUT2D eigenvalue weighted by molar-refractivity contribution is 0.271. The Labute approximate surface area is 149 Å². The van der Waals surface area contributed by atoms with Crippen molar-refractivity contribution in [3.63, 3.8) is 0 Å². The van der Waals surface area contributed by atoms with Crippen LogP contribution < -0.4 is 0 Å². The third-order valence-corrected chi connectivity index (χ3v) is 5.24. The lowest BCUT2D eigenvalue weighted by atomic mass is 10.0. The van der Waals surface area contributed by atoms with Crippen LogP contribution in [0.1, 0.15) is 31.2 Å². The Balaban J connectivity index is 1.53. The minimum absolute atomic E-state index is 0.710. The quantitative estimate of drug-likeness (QED) is 0.726. The molecule has 1 aromatic heterocycles. The van der Waals surface area contributed by atoms with Crippen LogP contribution in [0.2, 0.25) is 0 Å². The fourth-order valence-corrected chi connectivity index (χ4v) is 3.69. The van der Waals surface area contributed by atoms with Gasteiger partial charge in [-0.2, -0.15) is 0 Å². The molecule has 3 aromatic rings. The number of benzene rings is 2. The average Bonchev–Trinajstić information content (AvgIpc) is 3.24. The van der Waals surface area contributed by atoms with Gasteiger partial charge in [-0.05, 0) is 61.7 Å². The van der Waals surface area contributed by atoms with Gasteiger partial charge in [-0.1, -0.05) is 24.1 Å². The molecule has 1 saturated heterocycles. The Morgan fingerprint density at radius 1 is 1.20 bits per heavy atom. The predicted molar refractivity (Wildman–Crippen MR) is 103 cm³/mol. The van der Waals surface area contributed by atoms with Gasteiger partial charge in [-0.3, -0.25) is 0 Å². The van der Waals surface area contributed by atoms with Crippen molar-refractivity contribution in [2.75, 3.05) is 13.1 Å². The molecule has 0 saturated carbocycles. The van der Waals surface area contributed by atoms with E-state index in [1.165, 1.54) is 30.5 Å². The molecule has 2 aromatic carbocycles. The molecule has 1 aliphatic heterocycles. The molecule has 0 amide bonds. The first-order valence-corrected chi connectivity index (χ1v) is 9.03. The normalized spacial score (nSPS) is 17.8. The highest BCUT2D eigenvalue weighted by molar-refractivity contribution is 5.82. The van der Waals surface area contributed by atoms with Crippen LogP contribution in [0.5, 0.6) is 0 Å². The Hall–Kier alpha value is -2.57. The highest BCUT2D eigenvalue weighted by atomic mass is 15.2. The highest BCUT2D eigenvalue weighted by Crippen LogP contribution is 2.24. The molecule has 0 unspecified atom stereocenters. The summed E-state index contributed by atoms with van der Waals surface area (Å²) >= 11 is 0. The van der Waals surface area contributed by atoms with Crippen molar-refractivity contribution < 1.29 is 0 Å². The summed E-state index contributed by atoms with van der Waals surface area (Å²) < 4.78 is 0. The maximum atomic E-state index is 5.43. The van der Waals surface area contributed by atoms with Gasteiger partial charge in [0.25, 0.3) is 0 Å². The van der Waals surface area contributed by atoms with Gasteiger partial charge in [0.15, 0.2) is 0 Å². The van der Waals surface area contributed by atoms with Crippen molar-refractivity contribution in [3.8, 4) is 23.5 Å². The summed E-state index contributed by atoms with van der Waals surface area (Å²) in [5, 5.41) is 0. The molecule has 0 spiro atoms.